The minimum Gasteiger partial charge on any atom is -0.508 e. The fourth-order valence-electron chi connectivity index (χ4n) is 2.00. The SMILES string of the molecule is O=[N+]([O-])c1ccc(NN=CCCc2ccccc2O)c([N+](=O)[O-])c1. The first kappa shape index (κ1) is 16.9. The van der Waals surface area contributed by atoms with E-state index in [2.05, 4.69) is 10.5 Å². The Morgan fingerprint density at radius 2 is 1.88 bits per heavy atom. The second-order valence-electron chi connectivity index (χ2n) is 4.81. The van der Waals surface area contributed by atoms with Gasteiger partial charge in [-0.3, -0.25) is 25.7 Å². The van der Waals surface area contributed by atoms with Gasteiger partial charge in [-0.2, -0.15) is 5.10 Å². The zero-order valence-corrected chi connectivity index (χ0v) is 12.5. The largest absolute Gasteiger partial charge is 0.508 e. The van der Waals surface area contributed by atoms with Gasteiger partial charge in [0.15, 0.2) is 0 Å². The minimum atomic E-state index is -0.715. The van der Waals surface area contributed by atoms with Crippen LogP contribution in [0.2, 0.25) is 0 Å². The fraction of sp³-hybridized carbons (Fsp3) is 0.133. The van der Waals surface area contributed by atoms with E-state index >= 15 is 0 Å². The van der Waals surface area contributed by atoms with E-state index in [0.29, 0.717) is 12.8 Å². The molecule has 0 fully saturated rings. The third-order valence-electron chi connectivity index (χ3n) is 3.20. The molecule has 9 nitrogen and oxygen atoms in total. The van der Waals surface area contributed by atoms with Crippen LogP contribution in [-0.2, 0) is 6.42 Å². The zero-order chi connectivity index (χ0) is 17.5. The molecule has 9 heteroatoms. The summed E-state index contributed by atoms with van der Waals surface area (Å²) >= 11 is 0. The second-order valence-corrected chi connectivity index (χ2v) is 4.81. The lowest BCUT2D eigenvalue weighted by atomic mass is 10.1. The Hall–Kier alpha value is -3.49. The van der Waals surface area contributed by atoms with Crippen LogP contribution in [0.15, 0.2) is 47.6 Å². The molecule has 0 amide bonds. The molecular formula is C15H14N4O5. The second kappa shape index (κ2) is 7.68. The summed E-state index contributed by atoms with van der Waals surface area (Å²) in [4.78, 5) is 20.2. The highest BCUT2D eigenvalue weighted by Crippen LogP contribution is 2.28. The molecule has 0 aromatic heterocycles. The molecule has 2 aromatic rings. The normalized spacial score (nSPS) is 10.7. The standard InChI is InChI=1S/C15H14N4O5/c20-15-6-2-1-4-11(15)5-3-9-16-17-13-8-7-12(18(21)22)10-14(13)19(23)24/h1-2,4,6-10,17,20H,3,5H2. The average Bonchev–Trinajstić information content (AvgIpc) is 2.56. The lowest BCUT2D eigenvalue weighted by molar-refractivity contribution is -0.393. The molecule has 2 N–H and O–H groups in total. The Kier molecular flexibility index (Phi) is 5.40. The number of hydrogen-bond acceptors (Lipinski definition) is 7. The summed E-state index contributed by atoms with van der Waals surface area (Å²) in [7, 11) is 0. The first-order valence-corrected chi connectivity index (χ1v) is 6.96. The summed E-state index contributed by atoms with van der Waals surface area (Å²) < 4.78 is 0. The van der Waals surface area contributed by atoms with Gasteiger partial charge in [-0.25, -0.2) is 0 Å². The number of nitro benzene ring substituents is 2. The number of benzene rings is 2. The summed E-state index contributed by atoms with van der Waals surface area (Å²) in [6.07, 6.45) is 2.57. The summed E-state index contributed by atoms with van der Waals surface area (Å²) in [6, 6.07) is 10.2. The van der Waals surface area contributed by atoms with Crippen molar-refractivity contribution in [1.82, 2.24) is 0 Å². The predicted octanol–water partition coefficient (Wildman–Crippen LogP) is 3.24. The summed E-state index contributed by atoms with van der Waals surface area (Å²) in [5.41, 5.74) is 2.54. The van der Waals surface area contributed by atoms with Gasteiger partial charge in [0.1, 0.15) is 11.4 Å². The molecule has 124 valence electrons. The molecule has 0 spiro atoms. The topological polar surface area (TPSA) is 131 Å². The van der Waals surface area contributed by atoms with Crippen molar-refractivity contribution >= 4 is 23.3 Å². The van der Waals surface area contributed by atoms with Gasteiger partial charge in [-0.1, -0.05) is 18.2 Å². The van der Waals surface area contributed by atoms with Crippen molar-refractivity contribution in [1.29, 1.82) is 0 Å². The van der Waals surface area contributed by atoms with Gasteiger partial charge in [0.2, 0.25) is 0 Å². The molecule has 0 saturated heterocycles. The maximum absolute atomic E-state index is 11.0. The lowest BCUT2D eigenvalue weighted by Crippen LogP contribution is -1.98. The van der Waals surface area contributed by atoms with Gasteiger partial charge in [-0.15, -0.1) is 0 Å². The predicted molar refractivity (Wildman–Crippen MR) is 88.3 cm³/mol. The molecule has 24 heavy (non-hydrogen) atoms. The van der Waals surface area contributed by atoms with Crippen LogP contribution in [0.1, 0.15) is 12.0 Å². The molecule has 0 atom stereocenters. The lowest BCUT2D eigenvalue weighted by Gasteiger charge is -2.03. The van der Waals surface area contributed by atoms with E-state index in [1.165, 1.54) is 12.3 Å². The number of aromatic hydroxyl groups is 1. The maximum atomic E-state index is 11.0. The Labute approximate surface area is 136 Å². The number of anilines is 1. The third kappa shape index (κ3) is 4.26. The summed E-state index contributed by atoms with van der Waals surface area (Å²) in [5.74, 6) is 0.199. The Morgan fingerprint density at radius 3 is 2.54 bits per heavy atom. The number of nitro groups is 2. The van der Waals surface area contributed by atoms with Gasteiger partial charge >= 0.3 is 5.69 Å². The van der Waals surface area contributed by atoms with Crippen molar-refractivity contribution in [2.24, 2.45) is 5.10 Å². The van der Waals surface area contributed by atoms with E-state index in [0.717, 1.165) is 17.7 Å². The number of phenols is 1. The summed E-state index contributed by atoms with van der Waals surface area (Å²) in [5, 5.41) is 35.1. The van der Waals surface area contributed by atoms with E-state index in [4.69, 9.17) is 0 Å². The Bertz CT molecular complexity index is 791. The van der Waals surface area contributed by atoms with E-state index in [9.17, 15) is 25.3 Å². The van der Waals surface area contributed by atoms with Gasteiger partial charge in [-0.05, 0) is 30.5 Å². The average molecular weight is 330 g/mol. The van der Waals surface area contributed by atoms with Crippen LogP contribution in [-0.4, -0.2) is 21.2 Å². The van der Waals surface area contributed by atoms with Crippen molar-refractivity contribution in [3.05, 3.63) is 68.3 Å². The molecule has 0 aliphatic heterocycles. The van der Waals surface area contributed by atoms with E-state index < -0.39 is 15.5 Å². The number of phenolic OH excluding ortho intramolecular Hbond substituents is 1. The molecular weight excluding hydrogens is 316 g/mol. The van der Waals surface area contributed by atoms with Crippen LogP contribution in [0, 0.1) is 20.2 Å². The van der Waals surface area contributed by atoms with Crippen LogP contribution in [0.25, 0.3) is 0 Å². The molecule has 0 bridgehead atoms. The van der Waals surface area contributed by atoms with E-state index in [1.807, 2.05) is 6.07 Å². The number of non-ortho nitro benzene ring substituents is 1. The monoisotopic (exact) mass is 330 g/mol. The van der Waals surface area contributed by atoms with E-state index in [-0.39, 0.29) is 17.1 Å². The third-order valence-corrected chi connectivity index (χ3v) is 3.20. The molecule has 0 saturated carbocycles. The van der Waals surface area contributed by atoms with Gasteiger partial charge in [0.05, 0.1) is 15.9 Å². The Morgan fingerprint density at radius 1 is 1.12 bits per heavy atom. The highest BCUT2D eigenvalue weighted by Gasteiger charge is 2.18. The number of rotatable bonds is 7. The molecule has 0 heterocycles. The Balaban J connectivity index is 1.99. The van der Waals surface area contributed by atoms with Crippen molar-refractivity contribution in [2.75, 3.05) is 5.43 Å². The zero-order valence-electron chi connectivity index (χ0n) is 12.5. The van der Waals surface area contributed by atoms with Crippen molar-refractivity contribution in [2.45, 2.75) is 12.8 Å². The minimum absolute atomic E-state index is 0.0596. The quantitative estimate of drug-likeness (QED) is 0.455. The first-order valence-electron chi connectivity index (χ1n) is 6.96. The van der Waals surface area contributed by atoms with Gasteiger partial charge in [0.25, 0.3) is 5.69 Å². The fourth-order valence-corrected chi connectivity index (χ4v) is 2.00. The number of hydrogen-bond donors (Lipinski definition) is 2. The first-order chi connectivity index (χ1) is 11.5. The van der Waals surface area contributed by atoms with Crippen molar-refractivity contribution in [3.8, 4) is 5.75 Å². The smallest absolute Gasteiger partial charge is 0.301 e. The van der Waals surface area contributed by atoms with E-state index in [1.54, 1.807) is 18.2 Å². The van der Waals surface area contributed by atoms with Crippen LogP contribution >= 0.6 is 0 Å². The highest BCUT2D eigenvalue weighted by atomic mass is 16.6. The molecule has 0 radical (unpaired) electrons. The molecule has 2 rings (SSSR count). The van der Waals surface area contributed by atoms with Crippen LogP contribution in [0.4, 0.5) is 17.1 Å². The summed E-state index contributed by atoms with van der Waals surface area (Å²) in [6.45, 7) is 0. The van der Waals surface area contributed by atoms with Crippen LogP contribution < -0.4 is 5.43 Å². The molecule has 0 aliphatic carbocycles. The van der Waals surface area contributed by atoms with Gasteiger partial charge < -0.3 is 5.11 Å². The molecule has 0 unspecified atom stereocenters. The maximum Gasteiger partial charge on any atom is 0.301 e. The number of nitrogens with zero attached hydrogens (tertiary/aromatic N) is 3. The van der Waals surface area contributed by atoms with Crippen molar-refractivity contribution in [3.63, 3.8) is 0 Å². The highest BCUT2D eigenvalue weighted by molar-refractivity contribution is 5.67. The van der Waals surface area contributed by atoms with Gasteiger partial charge in [0, 0.05) is 12.3 Å². The van der Waals surface area contributed by atoms with Crippen LogP contribution in [0.5, 0.6) is 5.75 Å². The number of nitrogens with one attached hydrogen (secondary N) is 1. The van der Waals surface area contributed by atoms with Crippen molar-refractivity contribution < 1.29 is 15.0 Å². The van der Waals surface area contributed by atoms with Crippen LogP contribution in [0.3, 0.4) is 0 Å². The number of hydrazone groups is 1. The molecule has 0 aliphatic rings. The number of para-hydroxylation sites is 1. The number of aryl methyl sites for hydroxylation is 1. The molecule has 2 aromatic carbocycles.